The average molecular weight is 404 g/mol. The molecule has 2 aromatic rings. The van der Waals surface area contributed by atoms with Crippen molar-refractivity contribution in [3.05, 3.63) is 53.1 Å². The standard InChI is InChI=1S/C21H26ClN3O3/c1-27-19-7-6-18(13-20(19)28-2)23-21(26)15-25-10-8-24(9-11-25)14-16-4-3-5-17(22)12-16/h3-7,12-13H,8-11,14-15H2,1-2H3,(H,23,26). The first kappa shape index (κ1) is 20.5. The van der Waals surface area contributed by atoms with Gasteiger partial charge in [-0.3, -0.25) is 14.6 Å². The zero-order valence-electron chi connectivity index (χ0n) is 16.3. The summed E-state index contributed by atoms with van der Waals surface area (Å²) in [6, 6.07) is 13.3. The molecular formula is C21H26ClN3O3. The number of nitrogens with zero attached hydrogens (tertiary/aromatic N) is 2. The van der Waals surface area contributed by atoms with Crippen molar-refractivity contribution in [2.45, 2.75) is 6.54 Å². The number of carbonyl (C=O) groups excluding carboxylic acids is 1. The van der Waals surface area contributed by atoms with E-state index in [0.29, 0.717) is 23.7 Å². The summed E-state index contributed by atoms with van der Waals surface area (Å²) in [5.74, 6) is 1.20. The van der Waals surface area contributed by atoms with Crippen LogP contribution in [0.15, 0.2) is 42.5 Å². The summed E-state index contributed by atoms with van der Waals surface area (Å²) >= 11 is 6.06. The summed E-state index contributed by atoms with van der Waals surface area (Å²) in [5, 5.41) is 3.69. The molecule has 7 heteroatoms. The third-order valence-corrected chi connectivity index (χ3v) is 5.03. The van der Waals surface area contributed by atoms with E-state index in [-0.39, 0.29) is 5.91 Å². The Morgan fingerprint density at radius 2 is 1.71 bits per heavy atom. The summed E-state index contributed by atoms with van der Waals surface area (Å²) in [6.07, 6.45) is 0. The lowest BCUT2D eigenvalue weighted by atomic mass is 10.2. The number of ether oxygens (including phenoxy) is 2. The fourth-order valence-electron chi connectivity index (χ4n) is 3.32. The van der Waals surface area contributed by atoms with E-state index in [0.717, 1.165) is 37.7 Å². The van der Waals surface area contributed by atoms with Gasteiger partial charge in [0.1, 0.15) is 0 Å². The quantitative estimate of drug-likeness (QED) is 0.769. The van der Waals surface area contributed by atoms with Crippen molar-refractivity contribution in [3.63, 3.8) is 0 Å². The Morgan fingerprint density at radius 3 is 2.39 bits per heavy atom. The number of methoxy groups -OCH3 is 2. The van der Waals surface area contributed by atoms with Crippen molar-refractivity contribution in [1.29, 1.82) is 0 Å². The topological polar surface area (TPSA) is 54.0 Å². The number of rotatable bonds is 7. The van der Waals surface area contributed by atoms with E-state index in [9.17, 15) is 4.79 Å². The van der Waals surface area contributed by atoms with Crippen LogP contribution in [0.25, 0.3) is 0 Å². The molecule has 0 saturated carbocycles. The van der Waals surface area contributed by atoms with E-state index >= 15 is 0 Å². The maximum Gasteiger partial charge on any atom is 0.238 e. The number of anilines is 1. The molecule has 0 bridgehead atoms. The van der Waals surface area contributed by atoms with Crippen molar-refractivity contribution in [2.24, 2.45) is 0 Å². The van der Waals surface area contributed by atoms with Gasteiger partial charge in [-0.25, -0.2) is 0 Å². The second-order valence-corrected chi connectivity index (χ2v) is 7.24. The minimum Gasteiger partial charge on any atom is -0.493 e. The zero-order valence-corrected chi connectivity index (χ0v) is 17.0. The van der Waals surface area contributed by atoms with Gasteiger partial charge in [0, 0.05) is 49.5 Å². The highest BCUT2D eigenvalue weighted by Gasteiger charge is 2.19. The molecule has 1 fully saturated rings. The molecule has 2 aromatic carbocycles. The van der Waals surface area contributed by atoms with Crippen LogP contribution in [0.1, 0.15) is 5.56 Å². The monoisotopic (exact) mass is 403 g/mol. The molecule has 150 valence electrons. The Bertz CT molecular complexity index is 807. The molecule has 6 nitrogen and oxygen atoms in total. The number of benzene rings is 2. The molecule has 1 N–H and O–H groups in total. The Hall–Kier alpha value is -2.28. The smallest absolute Gasteiger partial charge is 0.238 e. The summed E-state index contributed by atoms with van der Waals surface area (Å²) in [7, 11) is 3.16. The molecule has 28 heavy (non-hydrogen) atoms. The summed E-state index contributed by atoms with van der Waals surface area (Å²) in [4.78, 5) is 16.9. The predicted octanol–water partition coefficient (Wildman–Crippen LogP) is 3.11. The van der Waals surface area contributed by atoms with Crippen molar-refractivity contribution in [2.75, 3.05) is 52.3 Å². The molecule has 1 heterocycles. The lowest BCUT2D eigenvalue weighted by Crippen LogP contribution is -2.48. The van der Waals surface area contributed by atoms with Crippen molar-refractivity contribution in [1.82, 2.24) is 9.80 Å². The number of hydrogen-bond donors (Lipinski definition) is 1. The van der Waals surface area contributed by atoms with E-state index < -0.39 is 0 Å². The van der Waals surface area contributed by atoms with E-state index in [1.165, 1.54) is 5.56 Å². The van der Waals surface area contributed by atoms with Crippen LogP contribution in [0.5, 0.6) is 11.5 Å². The van der Waals surface area contributed by atoms with Gasteiger partial charge in [0.2, 0.25) is 5.91 Å². The van der Waals surface area contributed by atoms with Gasteiger partial charge in [-0.1, -0.05) is 23.7 Å². The number of nitrogens with one attached hydrogen (secondary N) is 1. The highest BCUT2D eigenvalue weighted by molar-refractivity contribution is 6.30. The first-order chi connectivity index (χ1) is 13.6. The number of hydrogen-bond acceptors (Lipinski definition) is 5. The molecule has 3 rings (SSSR count). The van der Waals surface area contributed by atoms with Crippen molar-refractivity contribution >= 4 is 23.2 Å². The largest absolute Gasteiger partial charge is 0.493 e. The summed E-state index contributed by atoms with van der Waals surface area (Å²) < 4.78 is 10.5. The normalized spacial score (nSPS) is 15.2. The Kier molecular flexibility index (Phi) is 7.14. The fraction of sp³-hybridized carbons (Fsp3) is 0.381. The number of piperazine rings is 1. The van der Waals surface area contributed by atoms with Crippen LogP contribution >= 0.6 is 11.6 Å². The molecule has 0 aromatic heterocycles. The van der Waals surface area contributed by atoms with Crippen LogP contribution in [0.2, 0.25) is 5.02 Å². The van der Waals surface area contributed by atoms with E-state index in [2.05, 4.69) is 21.2 Å². The van der Waals surface area contributed by atoms with Gasteiger partial charge in [0.25, 0.3) is 0 Å². The number of halogens is 1. The maximum atomic E-state index is 12.4. The van der Waals surface area contributed by atoms with Crippen LogP contribution < -0.4 is 14.8 Å². The third-order valence-electron chi connectivity index (χ3n) is 4.79. The number of amides is 1. The van der Waals surface area contributed by atoms with Crippen molar-refractivity contribution < 1.29 is 14.3 Å². The molecule has 1 amide bonds. The number of carbonyl (C=O) groups is 1. The summed E-state index contributed by atoms with van der Waals surface area (Å²) in [5.41, 5.74) is 1.91. The molecule has 0 unspecified atom stereocenters. The Labute approximate surface area is 171 Å². The second-order valence-electron chi connectivity index (χ2n) is 6.80. The third kappa shape index (κ3) is 5.61. The van der Waals surface area contributed by atoms with E-state index in [1.807, 2.05) is 24.3 Å². The zero-order chi connectivity index (χ0) is 19.9. The van der Waals surface area contributed by atoms with Gasteiger partial charge < -0.3 is 14.8 Å². The SMILES string of the molecule is COc1ccc(NC(=O)CN2CCN(Cc3cccc(Cl)c3)CC2)cc1OC. The van der Waals surface area contributed by atoms with Gasteiger partial charge >= 0.3 is 0 Å². The van der Waals surface area contributed by atoms with Crippen LogP contribution in [0.3, 0.4) is 0 Å². The molecule has 0 atom stereocenters. The first-order valence-electron chi connectivity index (χ1n) is 9.28. The molecule has 0 spiro atoms. The highest BCUT2D eigenvalue weighted by Crippen LogP contribution is 2.29. The minimum absolute atomic E-state index is 0.0319. The van der Waals surface area contributed by atoms with Gasteiger partial charge in [-0.05, 0) is 29.8 Å². The van der Waals surface area contributed by atoms with Crippen LogP contribution in [0.4, 0.5) is 5.69 Å². The van der Waals surface area contributed by atoms with E-state index in [1.54, 1.807) is 26.4 Å². The molecular weight excluding hydrogens is 378 g/mol. The lowest BCUT2D eigenvalue weighted by molar-refractivity contribution is -0.117. The van der Waals surface area contributed by atoms with Gasteiger partial charge in [0.05, 0.1) is 20.8 Å². The minimum atomic E-state index is -0.0319. The Balaban J connectivity index is 1.46. The second kappa shape index (κ2) is 9.78. The lowest BCUT2D eigenvalue weighted by Gasteiger charge is -2.34. The summed E-state index contributed by atoms with van der Waals surface area (Å²) in [6.45, 7) is 4.83. The van der Waals surface area contributed by atoms with Crippen LogP contribution in [0, 0.1) is 0 Å². The van der Waals surface area contributed by atoms with Gasteiger partial charge in [-0.15, -0.1) is 0 Å². The fourth-order valence-corrected chi connectivity index (χ4v) is 3.53. The first-order valence-corrected chi connectivity index (χ1v) is 9.66. The van der Waals surface area contributed by atoms with Gasteiger partial charge in [-0.2, -0.15) is 0 Å². The predicted molar refractivity (Wildman–Crippen MR) is 111 cm³/mol. The molecule has 0 aliphatic carbocycles. The van der Waals surface area contributed by atoms with Gasteiger partial charge in [0.15, 0.2) is 11.5 Å². The van der Waals surface area contributed by atoms with E-state index in [4.69, 9.17) is 21.1 Å². The molecule has 1 aliphatic rings. The van der Waals surface area contributed by atoms with Crippen LogP contribution in [-0.4, -0.2) is 62.7 Å². The maximum absolute atomic E-state index is 12.4. The molecule has 0 radical (unpaired) electrons. The molecule has 1 aliphatic heterocycles. The molecule has 1 saturated heterocycles. The average Bonchev–Trinajstić information content (AvgIpc) is 2.69. The van der Waals surface area contributed by atoms with Crippen molar-refractivity contribution in [3.8, 4) is 11.5 Å². The highest BCUT2D eigenvalue weighted by atomic mass is 35.5. The Morgan fingerprint density at radius 1 is 1.00 bits per heavy atom. The van der Waals surface area contributed by atoms with Crippen LogP contribution in [-0.2, 0) is 11.3 Å².